The molecule has 0 aliphatic carbocycles. The van der Waals surface area contributed by atoms with Crippen LogP contribution in [0.3, 0.4) is 0 Å². The molecule has 5 nitrogen and oxygen atoms in total. The van der Waals surface area contributed by atoms with Crippen LogP contribution in [0.1, 0.15) is 18.7 Å². The second kappa shape index (κ2) is 6.56. The number of hydrogen-bond acceptors (Lipinski definition) is 5. The fourth-order valence-electron chi connectivity index (χ4n) is 2.71. The van der Waals surface area contributed by atoms with Crippen LogP contribution < -0.4 is 0 Å². The number of aliphatic hydroxyl groups is 1. The molecular weight excluding hydrogens is 290 g/mol. The van der Waals surface area contributed by atoms with E-state index >= 15 is 0 Å². The molecule has 0 spiro atoms. The predicted octanol–water partition coefficient (Wildman–Crippen LogP) is 2.59. The van der Waals surface area contributed by atoms with Crippen LogP contribution in [0.25, 0.3) is 11.5 Å². The quantitative estimate of drug-likeness (QED) is 0.940. The topological polar surface area (TPSA) is 62.4 Å². The lowest BCUT2D eigenvalue weighted by Gasteiger charge is -2.30. The molecule has 21 heavy (non-hydrogen) atoms. The number of likely N-dealkylation sites (tertiary alicyclic amines) is 1. The zero-order valence-corrected chi connectivity index (χ0v) is 12.5. The van der Waals surface area contributed by atoms with Gasteiger partial charge in [0, 0.05) is 13.2 Å². The van der Waals surface area contributed by atoms with Gasteiger partial charge in [0.2, 0.25) is 0 Å². The molecule has 6 heteroatoms. The predicted molar refractivity (Wildman–Crippen MR) is 79.8 cm³/mol. The molecule has 1 unspecified atom stereocenters. The SMILES string of the molecule is OCC1CCCN(Cc2noc(-c3ccccc3Cl)n2)C1. The van der Waals surface area contributed by atoms with Crippen molar-refractivity contribution in [3.05, 3.63) is 35.1 Å². The maximum absolute atomic E-state index is 9.27. The number of nitrogens with zero attached hydrogens (tertiary/aromatic N) is 3. The van der Waals surface area contributed by atoms with Gasteiger partial charge in [0.15, 0.2) is 5.82 Å². The molecule has 1 saturated heterocycles. The smallest absolute Gasteiger partial charge is 0.259 e. The van der Waals surface area contributed by atoms with Gasteiger partial charge in [-0.1, -0.05) is 28.9 Å². The minimum atomic E-state index is 0.244. The summed E-state index contributed by atoms with van der Waals surface area (Å²) < 4.78 is 5.30. The highest BCUT2D eigenvalue weighted by atomic mass is 35.5. The summed E-state index contributed by atoms with van der Waals surface area (Å²) in [4.78, 5) is 6.68. The molecule has 2 heterocycles. The van der Waals surface area contributed by atoms with Crippen molar-refractivity contribution in [2.45, 2.75) is 19.4 Å². The Morgan fingerprint density at radius 1 is 1.38 bits per heavy atom. The molecule has 1 aliphatic rings. The van der Waals surface area contributed by atoms with Crippen molar-refractivity contribution in [3.8, 4) is 11.5 Å². The van der Waals surface area contributed by atoms with Crippen LogP contribution in [-0.2, 0) is 6.54 Å². The van der Waals surface area contributed by atoms with E-state index in [1.165, 1.54) is 0 Å². The Balaban J connectivity index is 1.69. The first kappa shape index (κ1) is 14.5. The summed E-state index contributed by atoms with van der Waals surface area (Å²) in [5.74, 6) is 1.46. The zero-order valence-electron chi connectivity index (χ0n) is 11.7. The molecule has 1 atom stereocenters. The molecule has 1 N–H and O–H groups in total. The van der Waals surface area contributed by atoms with Gasteiger partial charge in [-0.15, -0.1) is 0 Å². The van der Waals surface area contributed by atoms with Crippen molar-refractivity contribution in [2.24, 2.45) is 5.92 Å². The lowest BCUT2D eigenvalue weighted by Crippen LogP contribution is -2.36. The summed E-state index contributed by atoms with van der Waals surface area (Å²) in [7, 11) is 0. The summed E-state index contributed by atoms with van der Waals surface area (Å²) >= 11 is 6.13. The first-order valence-corrected chi connectivity index (χ1v) is 7.55. The Kier molecular flexibility index (Phi) is 4.53. The summed E-state index contributed by atoms with van der Waals surface area (Å²) in [5, 5.41) is 13.9. The lowest BCUT2D eigenvalue weighted by molar-refractivity contribution is 0.113. The van der Waals surface area contributed by atoms with Gasteiger partial charge in [-0.2, -0.15) is 4.98 Å². The number of piperidine rings is 1. The maximum atomic E-state index is 9.27. The second-order valence-electron chi connectivity index (χ2n) is 5.42. The largest absolute Gasteiger partial charge is 0.396 e. The van der Waals surface area contributed by atoms with Gasteiger partial charge >= 0.3 is 0 Å². The average Bonchev–Trinajstić information content (AvgIpc) is 2.96. The van der Waals surface area contributed by atoms with Crippen molar-refractivity contribution in [2.75, 3.05) is 19.7 Å². The van der Waals surface area contributed by atoms with E-state index in [9.17, 15) is 5.11 Å². The van der Waals surface area contributed by atoms with E-state index in [0.29, 0.717) is 29.2 Å². The maximum Gasteiger partial charge on any atom is 0.259 e. The number of rotatable bonds is 4. The third-order valence-corrected chi connectivity index (χ3v) is 4.13. The van der Waals surface area contributed by atoms with E-state index in [2.05, 4.69) is 15.0 Å². The fraction of sp³-hybridized carbons (Fsp3) is 0.467. The van der Waals surface area contributed by atoms with Gasteiger partial charge in [0.1, 0.15) is 0 Å². The van der Waals surface area contributed by atoms with Crippen molar-refractivity contribution in [1.29, 1.82) is 0 Å². The average molecular weight is 308 g/mol. The number of hydrogen-bond donors (Lipinski definition) is 1. The highest BCUT2D eigenvalue weighted by molar-refractivity contribution is 6.33. The Morgan fingerprint density at radius 3 is 3.05 bits per heavy atom. The van der Waals surface area contributed by atoms with Gasteiger partial charge in [-0.3, -0.25) is 4.90 Å². The van der Waals surface area contributed by atoms with Crippen LogP contribution >= 0.6 is 11.6 Å². The standard InChI is InChI=1S/C15H18ClN3O2/c16-13-6-2-1-5-12(13)15-17-14(18-21-15)9-19-7-3-4-11(8-19)10-20/h1-2,5-6,11,20H,3-4,7-10H2. The summed E-state index contributed by atoms with van der Waals surface area (Å²) in [6.45, 7) is 2.77. The molecule has 3 rings (SSSR count). The molecular formula is C15H18ClN3O2. The first-order valence-electron chi connectivity index (χ1n) is 7.17. The molecule has 0 radical (unpaired) electrons. The Hall–Kier alpha value is -1.43. The van der Waals surface area contributed by atoms with Gasteiger partial charge in [-0.25, -0.2) is 0 Å². The van der Waals surface area contributed by atoms with Crippen LogP contribution in [0.2, 0.25) is 5.02 Å². The third-order valence-electron chi connectivity index (χ3n) is 3.80. The van der Waals surface area contributed by atoms with Crippen molar-refractivity contribution < 1.29 is 9.63 Å². The van der Waals surface area contributed by atoms with Crippen LogP contribution in [-0.4, -0.2) is 39.8 Å². The van der Waals surface area contributed by atoms with Gasteiger partial charge in [0.05, 0.1) is 17.1 Å². The summed E-state index contributed by atoms with van der Waals surface area (Å²) in [5.41, 5.74) is 0.754. The minimum Gasteiger partial charge on any atom is -0.396 e. The Labute approximate surface area is 128 Å². The molecule has 0 bridgehead atoms. The van der Waals surface area contributed by atoms with Crippen molar-refractivity contribution in [1.82, 2.24) is 15.0 Å². The number of aliphatic hydroxyl groups excluding tert-OH is 1. The first-order chi connectivity index (χ1) is 10.3. The van der Waals surface area contributed by atoms with Gasteiger partial charge < -0.3 is 9.63 Å². The zero-order chi connectivity index (χ0) is 14.7. The van der Waals surface area contributed by atoms with E-state index in [0.717, 1.165) is 31.5 Å². The number of benzene rings is 1. The summed E-state index contributed by atoms with van der Waals surface area (Å²) in [6, 6.07) is 7.42. The molecule has 0 saturated carbocycles. The van der Waals surface area contributed by atoms with Gasteiger partial charge in [-0.05, 0) is 37.4 Å². The molecule has 1 fully saturated rings. The lowest BCUT2D eigenvalue weighted by atomic mass is 9.99. The van der Waals surface area contributed by atoms with E-state index < -0.39 is 0 Å². The summed E-state index contributed by atoms with van der Waals surface area (Å²) in [6.07, 6.45) is 2.19. The number of aromatic nitrogens is 2. The van der Waals surface area contributed by atoms with Gasteiger partial charge in [0.25, 0.3) is 5.89 Å². The van der Waals surface area contributed by atoms with E-state index in [1.807, 2.05) is 18.2 Å². The Bertz CT molecular complexity index is 602. The van der Waals surface area contributed by atoms with E-state index in [4.69, 9.17) is 16.1 Å². The van der Waals surface area contributed by atoms with E-state index in [1.54, 1.807) is 6.07 Å². The molecule has 1 aromatic carbocycles. The van der Waals surface area contributed by atoms with Crippen LogP contribution in [0.15, 0.2) is 28.8 Å². The van der Waals surface area contributed by atoms with Crippen LogP contribution in [0.5, 0.6) is 0 Å². The van der Waals surface area contributed by atoms with E-state index in [-0.39, 0.29) is 6.61 Å². The second-order valence-corrected chi connectivity index (χ2v) is 5.83. The molecule has 1 aliphatic heterocycles. The Morgan fingerprint density at radius 2 is 2.24 bits per heavy atom. The monoisotopic (exact) mass is 307 g/mol. The molecule has 1 aromatic heterocycles. The van der Waals surface area contributed by atoms with Crippen molar-refractivity contribution >= 4 is 11.6 Å². The third kappa shape index (κ3) is 3.43. The normalized spacial score (nSPS) is 19.8. The highest BCUT2D eigenvalue weighted by Gasteiger charge is 2.21. The minimum absolute atomic E-state index is 0.244. The van der Waals surface area contributed by atoms with Crippen molar-refractivity contribution in [3.63, 3.8) is 0 Å². The number of halogens is 1. The fourth-order valence-corrected chi connectivity index (χ4v) is 2.92. The molecule has 0 amide bonds. The van der Waals surface area contributed by atoms with Crippen LogP contribution in [0.4, 0.5) is 0 Å². The molecule has 2 aromatic rings. The molecule has 112 valence electrons. The van der Waals surface area contributed by atoms with Crippen LogP contribution in [0, 0.1) is 5.92 Å². The highest BCUT2D eigenvalue weighted by Crippen LogP contribution is 2.26.